The average Bonchev–Trinajstić information content (AvgIpc) is 2.53. The molecule has 1 aromatic rings. The number of carbonyl (C=O) groups is 1. The van der Waals surface area contributed by atoms with Gasteiger partial charge < -0.3 is 10.1 Å². The molecule has 1 amide bonds. The molecule has 1 aliphatic heterocycles. The van der Waals surface area contributed by atoms with E-state index < -0.39 is 10.0 Å². The molecule has 0 aliphatic carbocycles. The van der Waals surface area contributed by atoms with Crippen molar-refractivity contribution in [2.75, 3.05) is 25.9 Å². The monoisotopic (exact) mass is 402 g/mol. The summed E-state index contributed by atoms with van der Waals surface area (Å²) >= 11 is 6.27. The van der Waals surface area contributed by atoms with Crippen LogP contribution in [0.15, 0.2) is 18.2 Å². The van der Waals surface area contributed by atoms with Gasteiger partial charge in [-0.2, -0.15) is 0 Å². The molecule has 0 aromatic heterocycles. The number of piperidine rings is 1. The molecule has 0 atom stereocenters. The Morgan fingerprint density at radius 2 is 1.92 bits per heavy atom. The third-order valence-corrected chi connectivity index (χ3v) is 5.74. The lowest BCUT2D eigenvalue weighted by Gasteiger charge is -2.30. The Kier molecular flexibility index (Phi) is 6.58. The molecule has 6 nitrogen and oxygen atoms in total. The van der Waals surface area contributed by atoms with Crippen molar-refractivity contribution in [1.29, 1.82) is 0 Å². The zero-order chi connectivity index (χ0) is 19.5. The van der Waals surface area contributed by atoms with Crippen molar-refractivity contribution in [1.82, 2.24) is 9.62 Å². The first kappa shape index (κ1) is 21.0. The first-order valence-corrected chi connectivity index (χ1v) is 10.9. The quantitative estimate of drug-likeness (QED) is 0.821. The zero-order valence-electron chi connectivity index (χ0n) is 15.7. The fourth-order valence-electron chi connectivity index (χ4n) is 2.65. The standard InChI is InChI=1S/C18H27ClN2O4S/c1-18(2,3)12-20-17(22)13-5-6-16(15(19)11-13)25-14-7-9-21(10-8-14)26(4,23)24/h5-6,11,14H,7-10,12H2,1-4H3,(H,20,22). The molecule has 8 heteroatoms. The van der Waals surface area contributed by atoms with Gasteiger partial charge in [0.05, 0.1) is 11.3 Å². The lowest BCUT2D eigenvalue weighted by Crippen LogP contribution is -2.41. The van der Waals surface area contributed by atoms with Gasteiger partial charge in [-0.05, 0) is 36.5 Å². The second kappa shape index (κ2) is 8.15. The fourth-order valence-corrected chi connectivity index (χ4v) is 3.75. The van der Waals surface area contributed by atoms with E-state index in [-0.39, 0.29) is 17.4 Å². The highest BCUT2D eigenvalue weighted by Gasteiger charge is 2.26. The van der Waals surface area contributed by atoms with Gasteiger partial charge in [-0.25, -0.2) is 12.7 Å². The predicted octanol–water partition coefficient (Wildman–Crippen LogP) is 2.92. The van der Waals surface area contributed by atoms with Crippen LogP contribution in [-0.2, 0) is 10.0 Å². The Balaban J connectivity index is 1.95. The van der Waals surface area contributed by atoms with Crippen LogP contribution < -0.4 is 10.1 Å². The van der Waals surface area contributed by atoms with Gasteiger partial charge in [0, 0.05) is 25.2 Å². The molecular formula is C18H27ClN2O4S. The van der Waals surface area contributed by atoms with Crippen LogP contribution in [0.25, 0.3) is 0 Å². The highest BCUT2D eigenvalue weighted by molar-refractivity contribution is 7.88. The van der Waals surface area contributed by atoms with Gasteiger partial charge >= 0.3 is 0 Å². The van der Waals surface area contributed by atoms with Crippen LogP contribution in [0.2, 0.25) is 5.02 Å². The van der Waals surface area contributed by atoms with Gasteiger partial charge in [0.25, 0.3) is 5.91 Å². The Labute approximate surface area is 160 Å². The highest BCUT2D eigenvalue weighted by atomic mass is 35.5. The lowest BCUT2D eigenvalue weighted by atomic mass is 9.97. The Morgan fingerprint density at radius 3 is 2.42 bits per heavy atom. The molecule has 0 spiro atoms. The average molecular weight is 403 g/mol. The number of amides is 1. The Bertz CT molecular complexity index is 751. The number of hydrogen-bond donors (Lipinski definition) is 1. The molecule has 1 aliphatic rings. The van der Waals surface area contributed by atoms with Gasteiger partial charge in [-0.1, -0.05) is 32.4 Å². The third-order valence-electron chi connectivity index (χ3n) is 4.14. The zero-order valence-corrected chi connectivity index (χ0v) is 17.3. The van der Waals surface area contributed by atoms with Crippen LogP contribution in [0.4, 0.5) is 0 Å². The highest BCUT2D eigenvalue weighted by Crippen LogP contribution is 2.29. The smallest absolute Gasteiger partial charge is 0.251 e. The summed E-state index contributed by atoms with van der Waals surface area (Å²) in [5.74, 6) is 0.340. The number of ether oxygens (including phenoxy) is 1. The molecule has 2 rings (SSSR count). The number of halogens is 1. The SMILES string of the molecule is CC(C)(C)CNC(=O)c1ccc(OC2CCN(S(C)(=O)=O)CC2)c(Cl)c1. The summed E-state index contributed by atoms with van der Waals surface area (Å²) in [4.78, 5) is 12.2. The van der Waals surface area contributed by atoms with Crippen molar-refractivity contribution < 1.29 is 17.9 Å². The van der Waals surface area contributed by atoms with Crippen molar-refractivity contribution in [2.24, 2.45) is 5.41 Å². The van der Waals surface area contributed by atoms with Crippen LogP contribution in [0, 0.1) is 5.41 Å². The van der Waals surface area contributed by atoms with Crippen LogP contribution >= 0.6 is 11.6 Å². The Hall–Kier alpha value is -1.31. The maximum absolute atomic E-state index is 12.2. The molecule has 0 unspecified atom stereocenters. The van der Waals surface area contributed by atoms with E-state index in [1.807, 2.05) is 20.8 Å². The van der Waals surface area contributed by atoms with Crippen molar-refractivity contribution in [3.63, 3.8) is 0 Å². The summed E-state index contributed by atoms with van der Waals surface area (Å²) in [6.07, 6.45) is 2.34. The second-order valence-corrected chi connectivity index (χ2v) is 10.3. The summed E-state index contributed by atoms with van der Waals surface area (Å²) < 4.78 is 30.5. The molecule has 0 bridgehead atoms. The molecule has 26 heavy (non-hydrogen) atoms. The van der Waals surface area contributed by atoms with Gasteiger partial charge in [0.15, 0.2) is 0 Å². The van der Waals surface area contributed by atoms with Crippen LogP contribution in [0.1, 0.15) is 44.0 Å². The minimum absolute atomic E-state index is 0.00331. The van der Waals surface area contributed by atoms with Gasteiger partial charge in [-0.15, -0.1) is 0 Å². The van der Waals surface area contributed by atoms with Gasteiger partial charge in [0.1, 0.15) is 11.9 Å². The molecular weight excluding hydrogens is 376 g/mol. The first-order valence-electron chi connectivity index (χ1n) is 8.65. The molecule has 1 aromatic carbocycles. The number of nitrogens with one attached hydrogen (secondary N) is 1. The summed E-state index contributed by atoms with van der Waals surface area (Å²) in [7, 11) is -3.15. The minimum atomic E-state index is -3.15. The van der Waals surface area contributed by atoms with Crippen molar-refractivity contribution in [2.45, 2.75) is 39.7 Å². The number of nitrogens with zero attached hydrogens (tertiary/aromatic N) is 1. The molecule has 0 radical (unpaired) electrons. The van der Waals surface area contributed by atoms with E-state index in [4.69, 9.17) is 16.3 Å². The fraction of sp³-hybridized carbons (Fsp3) is 0.611. The topological polar surface area (TPSA) is 75.7 Å². The van der Waals surface area contributed by atoms with Crippen molar-refractivity contribution >= 4 is 27.5 Å². The number of hydrogen-bond acceptors (Lipinski definition) is 4. The van der Waals surface area contributed by atoms with E-state index in [9.17, 15) is 13.2 Å². The summed E-state index contributed by atoms with van der Waals surface area (Å²) in [6, 6.07) is 4.97. The van der Waals surface area contributed by atoms with Crippen LogP contribution in [0.5, 0.6) is 5.75 Å². The largest absolute Gasteiger partial charge is 0.489 e. The third kappa shape index (κ3) is 6.14. The van der Waals surface area contributed by atoms with Crippen molar-refractivity contribution in [3.05, 3.63) is 28.8 Å². The Morgan fingerprint density at radius 1 is 1.31 bits per heavy atom. The maximum atomic E-state index is 12.2. The summed E-state index contributed by atoms with van der Waals surface area (Å²) in [6.45, 7) is 7.59. The van der Waals surface area contributed by atoms with Gasteiger partial charge in [-0.3, -0.25) is 4.79 Å². The van der Waals surface area contributed by atoms with E-state index in [2.05, 4.69) is 5.32 Å². The molecule has 1 N–H and O–H groups in total. The van der Waals surface area contributed by atoms with E-state index >= 15 is 0 Å². The first-order chi connectivity index (χ1) is 12.0. The summed E-state index contributed by atoms with van der Waals surface area (Å²) in [5, 5.41) is 3.26. The van der Waals surface area contributed by atoms with Crippen LogP contribution in [0.3, 0.4) is 0 Å². The van der Waals surface area contributed by atoms with E-state index in [1.165, 1.54) is 10.6 Å². The van der Waals surface area contributed by atoms with Crippen LogP contribution in [-0.4, -0.2) is 50.6 Å². The van der Waals surface area contributed by atoms with E-state index in [0.29, 0.717) is 48.8 Å². The molecule has 1 saturated heterocycles. The summed E-state index contributed by atoms with van der Waals surface area (Å²) in [5.41, 5.74) is 0.488. The number of benzene rings is 1. The minimum Gasteiger partial charge on any atom is -0.489 e. The predicted molar refractivity (Wildman–Crippen MR) is 103 cm³/mol. The van der Waals surface area contributed by atoms with Crippen molar-refractivity contribution in [3.8, 4) is 5.75 Å². The molecule has 1 heterocycles. The van der Waals surface area contributed by atoms with Gasteiger partial charge in [0.2, 0.25) is 10.0 Å². The second-order valence-electron chi connectivity index (χ2n) is 7.87. The normalized spacial score (nSPS) is 17.1. The molecule has 1 fully saturated rings. The molecule has 146 valence electrons. The van der Waals surface area contributed by atoms with E-state index in [1.54, 1.807) is 18.2 Å². The van der Waals surface area contributed by atoms with E-state index in [0.717, 1.165) is 0 Å². The molecule has 0 saturated carbocycles. The number of sulfonamides is 1. The maximum Gasteiger partial charge on any atom is 0.251 e. The lowest BCUT2D eigenvalue weighted by molar-refractivity contribution is 0.0939. The number of carbonyl (C=O) groups excluding carboxylic acids is 1. The number of rotatable bonds is 5.